The summed E-state index contributed by atoms with van der Waals surface area (Å²) < 4.78 is 12.4. The molecule has 4 heteroatoms. The molecular weight excluding hydrogens is 182 g/mol. The fraction of sp³-hybridized carbons (Fsp3) is 0.200. The van der Waals surface area contributed by atoms with Crippen molar-refractivity contribution in [1.29, 1.82) is 0 Å². The Labute approximate surface area is 66.2 Å². The minimum Gasteiger partial charge on any atom is -0.193 e. The molecule has 0 nitrogen and oxygen atoms in total. The number of hydrogen-bond acceptors (Lipinski definition) is 1. The maximum absolute atomic E-state index is 12.4. The first-order valence-corrected chi connectivity index (χ1v) is 3.80. The van der Waals surface area contributed by atoms with Crippen LogP contribution in [0.1, 0.15) is 4.88 Å². The monoisotopic (exact) mass is 184 g/mol. The van der Waals surface area contributed by atoms with E-state index < -0.39 is 5.13 Å². The van der Waals surface area contributed by atoms with Crippen LogP contribution in [0.15, 0.2) is 0 Å². The highest BCUT2D eigenvalue weighted by atomic mass is 35.5. The van der Waals surface area contributed by atoms with Crippen molar-refractivity contribution in [1.82, 2.24) is 0 Å². The molecular formula is C5H3Cl2FS. The van der Waals surface area contributed by atoms with Crippen LogP contribution < -0.4 is 0 Å². The van der Waals surface area contributed by atoms with Crippen LogP contribution in [0.2, 0.25) is 10.0 Å². The molecule has 0 aromatic carbocycles. The molecule has 0 unspecified atom stereocenters. The van der Waals surface area contributed by atoms with Crippen molar-refractivity contribution in [2.24, 2.45) is 0 Å². The summed E-state index contributed by atoms with van der Waals surface area (Å²) in [7, 11) is 0. The lowest BCUT2D eigenvalue weighted by molar-refractivity contribution is 0.658. The first-order valence-electron chi connectivity index (χ1n) is 2.23. The van der Waals surface area contributed by atoms with E-state index in [9.17, 15) is 4.39 Å². The molecule has 0 aliphatic rings. The summed E-state index contributed by atoms with van der Waals surface area (Å²) >= 11 is 11.9. The molecule has 0 amide bonds. The Balaban J connectivity index is 3.29. The predicted molar refractivity (Wildman–Crippen MR) is 39.0 cm³/mol. The summed E-state index contributed by atoms with van der Waals surface area (Å²) in [6, 6.07) is 0. The van der Waals surface area contributed by atoms with Gasteiger partial charge in [-0.15, -0.1) is 11.3 Å². The molecule has 0 aliphatic heterocycles. The van der Waals surface area contributed by atoms with Gasteiger partial charge in [-0.1, -0.05) is 23.2 Å². The lowest BCUT2D eigenvalue weighted by atomic mass is 10.5. The van der Waals surface area contributed by atoms with Gasteiger partial charge < -0.3 is 0 Å². The average molecular weight is 185 g/mol. The van der Waals surface area contributed by atoms with Gasteiger partial charge in [0.05, 0.1) is 5.02 Å². The molecule has 0 atom stereocenters. The highest BCUT2D eigenvalue weighted by molar-refractivity contribution is 7.11. The SMILES string of the molecule is Cc1sc(F)c(Cl)c1Cl. The van der Waals surface area contributed by atoms with Crippen molar-refractivity contribution in [3.05, 3.63) is 20.1 Å². The molecule has 9 heavy (non-hydrogen) atoms. The van der Waals surface area contributed by atoms with Gasteiger partial charge in [-0.05, 0) is 6.92 Å². The number of thiophene rings is 1. The third-order valence-corrected chi connectivity index (χ3v) is 2.96. The van der Waals surface area contributed by atoms with Crippen molar-refractivity contribution in [2.45, 2.75) is 6.92 Å². The third-order valence-electron chi connectivity index (χ3n) is 0.917. The molecule has 0 saturated carbocycles. The van der Waals surface area contributed by atoms with E-state index in [1.54, 1.807) is 6.92 Å². The van der Waals surface area contributed by atoms with Gasteiger partial charge in [-0.3, -0.25) is 0 Å². The Morgan fingerprint density at radius 1 is 1.33 bits per heavy atom. The van der Waals surface area contributed by atoms with E-state index >= 15 is 0 Å². The number of rotatable bonds is 0. The lowest BCUT2D eigenvalue weighted by Gasteiger charge is -1.81. The topological polar surface area (TPSA) is 0 Å². The zero-order valence-corrected chi connectivity index (χ0v) is 6.87. The van der Waals surface area contributed by atoms with Crippen LogP contribution in [-0.4, -0.2) is 0 Å². The van der Waals surface area contributed by atoms with E-state index in [0.29, 0.717) is 5.02 Å². The highest BCUT2D eigenvalue weighted by Gasteiger charge is 2.10. The Morgan fingerprint density at radius 3 is 2.00 bits per heavy atom. The van der Waals surface area contributed by atoms with Crippen molar-refractivity contribution < 1.29 is 4.39 Å². The molecule has 50 valence electrons. The molecule has 1 aromatic heterocycles. The van der Waals surface area contributed by atoms with Crippen LogP contribution >= 0.6 is 34.5 Å². The molecule has 0 radical (unpaired) electrons. The van der Waals surface area contributed by atoms with Gasteiger partial charge in [0.2, 0.25) is 0 Å². The molecule has 0 fully saturated rings. The molecule has 0 aliphatic carbocycles. The molecule has 1 rings (SSSR count). The number of hydrogen-bond donors (Lipinski definition) is 0. The van der Waals surface area contributed by atoms with Crippen LogP contribution in [-0.2, 0) is 0 Å². The standard InChI is InChI=1S/C5H3Cl2FS/c1-2-3(6)4(7)5(8)9-2/h1H3. The lowest BCUT2D eigenvalue weighted by Crippen LogP contribution is -1.60. The van der Waals surface area contributed by atoms with Gasteiger partial charge in [-0.2, -0.15) is 4.39 Å². The molecule has 0 bridgehead atoms. The fourth-order valence-corrected chi connectivity index (χ4v) is 1.69. The second-order valence-electron chi connectivity index (χ2n) is 1.56. The number of aryl methyl sites for hydroxylation is 1. The molecule has 1 heterocycles. The molecule has 0 spiro atoms. The molecule has 0 N–H and O–H groups in total. The average Bonchev–Trinajstić information content (AvgIpc) is 1.98. The Hall–Kier alpha value is 0.210. The Morgan fingerprint density at radius 2 is 1.89 bits per heavy atom. The van der Waals surface area contributed by atoms with Crippen LogP contribution in [0.3, 0.4) is 0 Å². The highest BCUT2D eigenvalue weighted by Crippen LogP contribution is 2.34. The summed E-state index contributed by atoms with van der Waals surface area (Å²) in [4.78, 5) is 0.721. The van der Waals surface area contributed by atoms with Gasteiger partial charge in [0.25, 0.3) is 0 Å². The molecule has 0 saturated heterocycles. The van der Waals surface area contributed by atoms with Gasteiger partial charge in [0, 0.05) is 4.88 Å². The minimum absolute atomic E-state index is 0.0409. The fourth-order valence-electron chi connectivity index (χ4n) is 0.465. The largest absolute Gasteiger partial charge is 0.196 e. The summed E-state index contributed by atoms with van der Waals surface area (Å²) in [5.41, 5.74) is 0. The van der Waals surface area contributed by atoms with E-state index in [1.807, 2.05) is 0 Å². The van der Waals surface area contributed by atoms with Crippen LogP contribution in [0.4, 0.5) is 4.39 Å². The first kappa shape index (κ1) is 7.32. The van der Waals surface area contributed by atoms with Crippen molar-refractivity contribution in [3.63, 3.8) is 0 Å². The van der Waals surface area contributed by atoms with Crippen LogP contribution in [0, 0.1) is 12.1 Å². The smallest absolute Gasteiger partial charge is 0.193 e. The second-order valence-corrected chi connectivity index (χ2v) is 3.49. The van der Waals surface area contributed by atoms with E-state index in [2.05, 4.69) is 0 Å². The van der Waals surface area contributed by atoms with Gasteiger partial charge in [-0.25, -0.2) is 0 Å². The minimum atomic E-state index is -0.404. The normalized spacial score (nSPS) is 10.2. The maximum Gasteiger partial charge on any atom is 0.196 e. The summed E-state index contributed by atoms with van der Waals surface area (Å²) in [6.07, 6.45) is 0. The van der Waals surface area contributed by atoms with Crippen molar-refractivity contribution in [3.8, 4) is 0 Å². The van der Waals surface area contributed by atoms with E-state index in [4.69, 9.17) is 23.2 Å². The predicted octanol–water partition coefficient (Wildman–Crippen LogP) is 3.50. The Kier molecular flexibility index (Phi) is 1.99. The third kappa shape index (κ3) is 1.20. The quantitative estimate of drug-likeness (QED) is 0.580. The first-order chi connectivity index (χ1) is 4.13. The van der Waals surface area contributed by atoms with Crippen LogP contribution in [0.5, 0.6) is 0 Å². The van der Waals surface area contributed by atoms with E-state index in [1.165, 1.54) is 0 Å². The maximum atomic E-state index is 12.4. The summed E-state index contributed by atoms with van der Waals surface area (Å²) in [5, 5.41) is -0.0301. The van der Waals surface area contributed by atoms with Gasteiger partial charge in [0.15, 0.2) is 5.13 Å². The molecule has 1 aromatic rings. The second kappa shape index (κ2) is 2.45. The zero-order chi connectivity index (χ0) is 7.02. The van der Waals surface area contributed by atoms with Gasteiger partial charge in [0.1, 0.15) is 5.02 Å². The van der Waals surface area contributed by atoms with E-state index in [0.717, 1.165) is 16.2 Å². The Bertz CT molecular complexity index is 209. The summed E-state index contributed by atoms with van der Waals surface area (Å²) in [6.45, 7) is 1.72. The van der Waals surface area contributed by atoms with Crippen molar-refractivity contribution >= 4 is 34.5 Å². The van der Waals surface area contributed by atoms with Crippen LogP contribution in [0.25, 0.3) is 0 Å². The summed E-state index contributed by atoms with van der Waals surface area (Å²) in [5.74, 6) is 0. The zero-order valence-electron chi connectivity index (χ0n) is 4.54. The van der Waals surface area contributed by atoms with E-state index in [-0.39, 0.29) is 5.02 Å². The van der Waals surface area contributed by atoms with Crippen molar-refractivity contribution in [2.75, 3.05) is 0 Å². The number of halogens is 3. The van der Waals surface area contributed by atoms with Gasteiger partial charge >= 0.3 is 0 Å².